The summed E-state index contributed by atoms with van der Waals surface area (Å²) in [5.74, 6) is 0.952. The molecule has 1 heterocycles. The van der Waals surface area contributed by atoms with E-state index in [9.17, 15) is 0 Å². The van der Waals surface area contributed by atoms with Gasteiger partial charge in [0.15, 0.2) is 5.96 Å². The minimum atomic E-state index is 0. The van der Waals surface area contributed by atoms with Gasteiger partial charge >= 0.3 is 0 Å². The van der Waals surface area contributed by atoms with Crippen molar-refractivity contribution in [2.75, 3.05) is 31.6 Å². The molecule has 1 atom stereocenters. The van der Waals surface area contributed by atoms with Crippen LogP contribution in [-0.4, -0.2) is 32.6 Å². The van der Waals surface area contributed by atoms with Gasteiger partial charge < -0.3 is 16.0 Å². The van der Waals surface area contributed by atoms with Crippen molar-refractivity contribution in [1.29, 1.82) is 0 Å². The van der Waals surface area contributed by atoms with Gasteiger partial charge in [0.1, 0.15) is 0 Å². The maximum absolute atomic E-state index is 5.80. The van der Waals surface area contributed by atoms with Gasteiger partial charge in [-0.1, -0.05) is 24.3 Å². The van der Waals surface area contributed by atoms with Crippen LogP contribution in [0.1, 0.15) is 17.9 Å². The number of nitrogens with two attached hydrogens (primary N) is 1. The van der Waals surface area contributed by atoms with E-state index in [1.165, 1.54) is 11.3 Å². The van der Waals surface area contributed by atoms with Crippen molar-refractivity contribution in [3.63, 3.8) is 0 Å². The summed E-state index contributed by atoms with van der Waals surface area (Å²) >= 11 is 0. The topological polar surface area (TPSA) is 53.6 Å². The Balaban J connectivity index is 0.00000200. The molecule has 4 nitrogen and oxygen atoms in total. The van der Waals surface area contributed by atoms with Crippen molar-refractivity contribution in [2.24, 2.45) is 10.7 Å². The van der Waals surface area contributed by atoms with Gasteiger partial charge in [-0.05, 0) is 18.1 Å². The molecule has 110 valence electrons. The molecule has 0 spiro atoms. The van der Waals surface area contributed by atoms with E-state index in [4.69, 9.17) is 5.73 Å². The van der Waals surface area contributed by atoms with Crippen molar-refractivity contribution < 1.29 is 0 Å². The number of halogens is 1. The summed E-state index contributed by atoms with van der Waals surface area (Å²) < 4.78 is 0. The number of aliphatic imine (C=N–C) groups is 1. The van der Waals surface area contributed by atoms with Gasteiger partial charge in [-0.3, -0.25) is 4.99 Å². The lowest BCUT2D eigenvalue weighted by Crippen LogP contribution is -2.33. The largest absolute Gasteiger partial charge is 0.374 e. The Bertz CT molecular complexity index is 473. The molecule has 0 bridgehead atoms. The molecule has 5 heteroatoms. The van der Waals surface area contributed by atoms with Gasteiger partial charge in [0.25, 0.3) is 0 Å². The standard InChI is InChI=1S/C15H22N4.BrH/c1-3-9-17-15(16)18-11-12-8-10-19(2)14-7-5-4-6-13(12)14;/h3-7,12H,1,8-11H2,2H3,(H3,16,17,18);1H. The van der Waals surface area contributed by atoms with Gasteiger partial charge in [0.2, 0.25) is 0 Å². The number of fused-ring (bicyclic) bond motifs is 1. The van der Waals surface area contributed by atoms with Crippen molar-refractivity contribution in [1.82, 2.24) is 5.32 Å². The lowest BCUT2D eigenvalue weighted by Gasteiger charge is -2.32. The Hall–Kier alpha value is -1.49. The number of nitrogens with one attached hydrogen (secondary N) is 1. The van der Waals surface area contributed by atoms with Crippen LogP contribution in [0.3, 0.4) is 0 Å². The van der Waals surface area contributed by atoms with E-state index in [0.29, 0.717) is 18.4 Å². The van der Waals surface area contributed by atoms with Crippen LogP contribution in [-0.2, 0) is 0 Å². The molecule has 1 aromatic rings. The maximum Gasteiger partial charge on any atom is 0.188 e. The maximum atomic E-state index is 5.80. The Morgan fingerprint density at radius 1 is 1.55 bits per heavy atom. The number of para-hydroxylation sites is 1. The third-order valence-electron chi connectivity index (χ3n) is 3.51. The van der Waals surface area contributed by atoms with E-state index in [1.54, 1.807) is 6.08 Å². The lowest BCUT2D eigenvalue weighted by atomic mass is 9.90. The molecule has 1 aliphatic rings. The molecule has 0 saturated heterocycles. The molecule has 1 aliphatic heterocycles. The van der Waals surface area contributed by atoms with Crippen molar-refractivity contribution >= 4 is 28.6 Å². The summed E-state index contributed by atoms with van der Waals surface area (Å²) in [5.41, 5.74) is 8.49. The minimum Gasteiger partial charge on any atom is -0.374 e. The molecule has 2 rings (SSSR count). The first-order valence-electron chi connectivity index (χ1n) is 6.67. The number of anilines is 1. The Kier molecular flexibility index (Phi) is 6.58. The molecule has 20 heavy (non-hydrogen) atoms. The van der Waals surface area contributed by atoms with Gasteiger partial charge in [-0.2, -0.15) is 0 Å². The molecular formula is C15H23BrN4. The van der Waals surface area contributed by atoms with Gasteiger partial charge in [-0.15, -0.1) is 23.6 Å². The zero-order valence-corrected chi connectivity index (χ0v) is 13.6. The number of benzene rings is 1. The third kappa shape index (κ3) is 4.00. The smallest absolute Gasteiger partial charge is 0.188 e. The summed E-state index contributed by atoms with van der Waals surface area (Å²) in [6.07, 6.45) is 2.89. The van der Waals surface area contributed by atoms with Crippen molar-refractivity contribution in [3.05, 3.63) is 42.5 Å². The van der Waals surface area contributed by atoms with Gasteiger partial charge in [-0.25, -0.2) is 0 Å². The average Bonchev–Trinajstić information content (AvgIpc) is 2.45. The van der Waals surface area contributed by atoms with Crippen LogP contribution in [0.5, 0.6) is 0 Å². The summed E-state index contributed by atoms with van der Waals surface area (Å²) in [7, 11) is 2.14. The van der Waals surface area contributed by atoms with Crippen LogP contribution in [0.4, 0.5) is 5.69 Å². The SMILES string of the molecule is Br.C=CCNC(N)=NCC1CCN(C)c2ccccc21. The molecule has 0 aliphatic carbocycles. The highest BCUT2D eigenvalue weighted by Crippen LogP contribution is 2.34. The Morgan fingerprint density at radius 3 is 3.05 bits per heavy atom. The third-order valence-corrected chi connectivity index (χ3v) is 3.51. The summed E-state index contributed by atoms with van der Waals surface area (Å²) in [4.78, 5) is 6.73. The molecule has 0 aromatic heterocycles. The summed E-state index contributed by atoms with van der Waals surface area (Å²) in [6, 6.07) is 8.54. The van der Waals surface area contributed by atoms with Crippen LogP contribution in [0, 0.1) is 0 Å². The highest BCUT2D eigenvalue weighted by Gasteiger charge is 2.22. The van der Waals surface area contributed by atoms with E-state index in [0.717, 1.165) is 19.5 Å². The van der Waals surface area contributed by atoms with Crippen molar-refractivity contribution in [2.45, 2.75) is 12.3 Å². The molecular weight excluding hydrogens is 316 g/mol. The summed E-state index contributed by atoms with van der Waals surface area (Å²) in [5, 5.41) is 3.00. The quantitative estimate of drug-likeness (QED) is 0.503. The highest BCUT2D eigenvalue weighted by molar-refractivity contribution is 8.93. The second kappa shape index (κ2) is 7.94. The first kappa shape index (κ1) is 16.6. The average molecular weight is 339 g/mol. The number of guanidine groups is 1. The van der Waals surface area contributed by atoms with Gasteiger partial charge in [0, 0.05) is 38.3 Å². The molecule has 0 radical (unpaired) electrons. The minimum absolute atomic E-state index is 0. The fraction of sp³-hybridized carbons (Fsp3) is 0.400. The second-order valence-corrected chi connectivity index (χ2v) is 4.86. The van der Waals surface area contributed by atoms with Crippen molar-refractivity contribution in [3.8, 4) is 0 Å². The molecule has 1 unspecified atom stereocenters. The zero-order valence-electron chi connectivity index (χ0n) is 11.9. The molecule has 0 fully saturated rings. The van der Waals surface area contributed by atoms with Crippen LogP contribution in [0.25, 0.3) is 0 Å². The number of hydrogen-bond donors (Lipinski definition) is 2. The van der Waals surface area contributed by atoms with Crippen LogP contribution < -0.4 is 16.0 Å². The van der Waals surface area contributed by atoms with Crippen LogP contribution in [0.15, 0.2) is 41.9 Å². The predicted molar refractivity (Wildman–Crippen MR) is 92.1 cm³/mol. The number of hydrogen-bond acceptors (Lipinski definition) is 2. The zero-order chi connectivity index (χ0) is 13.7. The first-order valence-corrected chi connectivity index (χ1v) is 6.67. The highest BCUT2D eigenvalue weighted by atomic mass is 79.9. The van der Waals surface area contributed by atoms with Crippen LogP contribution in [0.2, 0.25) is 0 Å². The van der Waals surface area contributed by atoms with Crippen LogP contribution >= 0.6 is 17.0 Å². The molecule has 3 N–H and O–H groups in total. The number of rotatable bonds is 4. The fourth-order valence-corrected chi connectivity index (χ4v) is 2.44. The normalized spacial score (nSPS) is 17.9. The van der Waals surface area contributed by atoms with E-state index >= 15 is 0 Å². The fourth-order valence-electron chi connectivity index (χ4n) is 2.44. The summed E-state index contributed by atoms with van der Waals surface area (Å²) in [6.45, 7) is 6.10. The van der Waals surface area contributed by atoms with Gasteiger partial charge in [0.05, 0.1) is 0 Å². The van der Waals surface area contributed by atoms with E-state index < -0.39 is 0 Å². The lowest BCUT2D eigenvalue weighted by molar-refractivity contribution is 0.601. The van der Waals surface area contributed by atoms with E-state index in [2.05, 4.69) is 53.1 Å². The molecule has 0 amide bonds. The predicted octanol–water partition coefficient (Wildman–Crippen LogP) is 2.28. The number of nitrogens with zero attached hydrogens (tertiary/aromatic N) is 2. The first-order chi connectivity index (χ1) is 9.22. The Morgan fingerprint density at radius 2 is 2.30 bits per heavy atom. The second-order valence-electron chi connectivity index (χ2n) is 4.86. The van der Waals surface area contributed by atoms with E-state index in [1.807, 2.05) is 0 Å². The Labute approximate surface area is 131 Å². The monoisotopic (exact) mass is 338 g/mol. The van der Waals surface area contributed by atoms with E-state index in [-0.39, 0.29) is 17.0 Å². The molecule has 1 aromatic carbocycles. The molecule has 0 saturated carbocycles.